The summed E-state index contributed by atoms with van der Waals surface area (Å²) in [6.45, 7) is 0.497. The van der Waals surface area contributed by atoms with Gasteiger partial charge in [-0.25, -0.2) is 0 Å². The molecule has 0 radical (unpaired) electrons. The van der Waals surface area contributed by atoms with E-state index >= 15 is 0 Å². The van der Waals surface area contributed by atoms with E-state index in [1.165, 1.54) is 0 Å². The molecule has 1 aromatic heterocycles. The van der Waals surface area contributed by atoms with Gasteiger partial charge in [0.1, 0.15) is 0 Å². The maximum Gasteiger partial charge on any atom is 0.390 e. The van der Waals surface area contributed by atoms with Crippen LogP contribution in [0, 0.1) is 0 Å². The first kappa shape index (κ1) is 11.1. The number of alkyl halides is 3. The molecule has 1 rings (SSSR count). The first-order valence-corrected chi connectivity index (χ1v) is 4.43. The first-order valence-electron chi connectivity index (χ1n) is 4.43. The number of hydrogen-bond donors (Lipinski definition) is 1. The SMILES string of the molecule is NCCc1ccn(CCC(F)(F)F)c1. The van der Waals surface area contributed by atoms with Crippen molar-refractivity contribution in [1.29, 1.82) is 0 Å². The van der Waals surface area contributed by atoms with E-state index in [1.54, 1.807) is 23.0 Å². The van der Waals surface area contributed by atoms with E-state index in [0.717, 1.165) is 5.56 Å². The molecule has 1 heterocycles. The molecule has 0 aromatic carbocycles. The van der Waals surface area contributed by atoms with Gasteiger partial charge in [-0.2, -0.15) is 13.2 Å². The van der Waals surface area contributed by atoms with Crippen molar-refractivity contribution < 1.29 is 13.2 Å². The van der Waals surface area contributed by atoms with Crippen molar-refractivity contribution in [3.05, 3.63) is 24.0 Å². The van der Waals surface area contributed by atoms with Gasteiger partial charge in [-0.1, -0.05) is 0 Å². The highest BCUT2D eigenvalue weighted by Crippen LogP contribution is 2.20. The molecule has 0 aliphatic heterocycles. The lowest BCUT2D eigenvalue weighted by Gasteiger charge is -2.06. The lowest BCUT2D eigenvalue weighted by molar-refractivity contribution is -0.136. The van der Waals surface area contributed by atoms with E-state index in [1.807, 2.05) is 0 Å². The zero-order valence-electron chi connectivity index (χ0n) is 7.72. The Kier molecular flexibility index (Phi) is 3.57. The Balaban J connectivity index is 2.44. The summed E-state index contributed by atoms with van der Waals surface area (Å²) in [5, 5.41) is 0. The Morgan fingerprint density at radius 2 is 2.07 bits per heavy atom. The molecule has 0 saturated carbocycles. The van der Waals surface area contributed by atoms with E-state index in [9.17, 15) is 13.2 Å². The van der Waals surface area contributed by atoms with Crippen LogP contribution in [0.3, 0.4) is 0 Å². The minimum absolute atomic E-state index is 0.0198. The third kappa shape index (κ3) is 3.83. The van der Waals surface area contributed by atoms with E-state index < -0.39 is 12.6 Å². The van der Waals surface area contributed by atoms with Crippen LogP contribution in [0.1, 0.15) is 12.0 Å². The van der Waals surface area contributed by atoms with E-state index in [4.69, 9.17) is 5.73 Å². The van der Waals surface area contributed by atoms with Gasteiger partial charge in [-0.15, -0.1) is 0 Å². The average molecular weight is 206 g/mol. The third-order valence-corrected chi connectivity index (χ3v) is 1.90. The van der Waals surface area contributed by atoms with Crippen LogP contribution in [0.5, 0.6) is 0 Å². The van der Waals surface area contributed by atoms with Gasteiger partial charge in [0, 0.05) is 18.9 Å². The molecule has 0 unspecified atom stereocenters. The normalized spacial score (nSPS) is 12.0. The van der Waals surface area contributed by atoms with Crippen molar-refractivity contribution in [3.63, 3.8) is 0 Å². The van der Waals surface area contributed by atoms with Crippen molar-refractivity contribution in [2.24, 2.45) is 5.73 Å². The van der Waals surface area contributed by atoms with Gasteiger partial charge in [-0.3, -0.25) is 0 Å². The molecule has 5 heteroatoms. The molecule has 1 aromatic rings. The Morgan fingerprint density at radius 1 is 1.36 bits per heavy atom. The summed E-state index contributed by atoms with van der Waals surface area (Å²) in [7, 11) is 0. The van der Waals surface area contributed by atoms with Gasteiger partial charge >= 0.3 is 6.18 Å². The molecule has 0 bridgehead atoms. The number of nitrogens with zero attached hydrogens (tertiary/aromatic N) is 1. The number of nitrogens with two attached hydrogens (primary N) is 1. The number of aryl methyl sites for hydroxylation is 1. The summed E-state index contributed by atoms with van der Waals surface area (Å²) in [6, 6.07) is 1.79. The van der Waals surface area contributed by atoms with Crippen LogP contribution in [0.15, 0.2) is 18.5 Å². The van der Waals surface area contributed by atoms with Crippen LogP contribution in [-0.4, -0.2) is 17.3 Å². The maximum atomic E-state index is 11.9. The highest BCUT2D eigenvalue weighted by molar-refractivity contribution is 5.10. The summed E-state index contributed by atoms with van der Waals surface area (Å²) < 4.78 is 37.1. The molecule has 14 heavy (non-hydrogen) atoms. The molecule has 0 spiro atoms. The number of aromatic nitrogens is 1. The smallest absolute Gasteiger partial charge is 0.354 e. The van der Waals surface area contributed by atoms with Crippen LogP contribution in [0.2, 0.25) is 0 Å². The summed E-state index contributed by atoms with van der Waals surface area (Å²) in [5.74, 6) is 0. The lowest BCUT2D eigenvalue weighted by Crippen LogP contribution is -2.11. The predicted octanol–water partition coefficient (Wildman–Crippen LogP) is 1.94. The Bertz CT molecular complexity index is 278. The van der Waals surface area contributed by atoms with Gasteiger partial charge < -0.3 is 10.3 Å². The minimum Gasteiger partial charge on any atom is -0.354 e. The molecule has 0 aliphatic rings. The van der Waals surface area contributed by atoms with Crippen LogP contribution >= 0.6 is 0 Å². The molecule has 0 atom stereocenters. The topological polar surface area (TPSA) is 30.9 Å². The molecule has 80 valence electrons. The number of rotatable bonds is 4. The molecule has 0 aliphatic carbocycles. The second kappa shape index (κ2) is 4.50. The summed E-state index contributed by atoms with van der Waals surface area (Å²) in [6.07, 6.45) is -0.809. The quantitative estimate of drug-likeness (QED) is 0.801. The van der Waals surface area contributed by atoms with Crippen LogP contribution in [0.25, 0.3) is 0 Å². The van der Waals surface area contributed by atoms with Gasteiger partial charge in [0.15, 0.2) is 0 Å². The van der Waals surface area contributed by atoms with Crippen molar-refractivity contribution in [3.8, 4) is 0 Å². The van der Waals surface area contributed by atoms with Crippen LogP contribution < -0.4 is 5.73 Å². The molecule has 0 fully saturated rings. The van der Waals surface area contributed by atoms with Gasteiger partial charge in [0.05, 0.1) is 6.42 Å². The molecular weight excluding hydrogens is 193 g/mol. The highest BCUT2D eigenvalue weighted by atomic mass is 19.4. The Morgan fingerprint density at radius 3 is 2.64 bits per heavy atom. The Hall–Kier alpha value is -0.970. The molecule has 0 amide bonds. The highest BCUT2D eigenvalue weighted by Gasteiger charge is 2.26. The fourth-order valence-corrected chi connectivity index (χ4v) is 1.20. The average Bonchev–Trinajstić information content (AvgIpc) is 2.49. The molecule has 2 N–H and O–H groups in total. The van der Waals surface area contributed by atoms with Gasteiger partial charge in [-0.05, 0) is 24.6 Å². The number of halogens is 3. The lowest BCUT2D eigenvalue weighted by atomic mass is 10.2. The second-order valence-corrected chi connectivity index (χ2v) is 3.16. The third-order valence-electron chi connectivity index (χ3n) is 1.90. The van der Waals surface area contributed by atoms with Crippen molar-refractivity contribution >= 4 is 0 Å². The Labute approximate surface area is 80.5 Å². The second-order valence-electron chi connectivity index (χ2n) is 3.16. The maximum absolute atomic E-state index is 11.9. The number of hydrogen-bond acceptors (Lipinski definition) is 1. The van der Waals surface area contributed by atoms with Crippen molar-refractivity contribution in [2.75, 3.05) is 6.54 Å². The van der Waals surface area contributed by atoms with Gasteiger partial charge in [0.25, 0.3) is 0 Å². The molecular formula is C9H13F3N2. The fraction of sp³-hybridized carbons (Fsp3) is 0.556. The predicted molar refractivity (Wildman–Crippen MR) is 47.9 cm³/mol. The fourth-order valence-electron chi connectivity index (χ4n) is 1.20. The molecule has 2 nitrogen and oxygen atoms in total. The first-order chi connectivity index (χ1) is 6.51. The zero-order chi connectivity index (χ0) is 10.6. The minimum atomic E-state index is -4.09. The largest absolute Gasteiger partial charge is 0.390 e. The summed E-state index contributed by atoms with van der Waals surface area (Å²) >= 11 is 0. The van der Waals surface area contributed by atoms with Gasteiger partial charge in [0.2, 0.25) is 0 Å². The van der Waals surface area contributed by atoms with E-state index in [-0.39, 0.29) is 6.54 Å². The van der Waals surface area contributed by atoms with Crippen molar-refractivity contribution in [2.45, 2.75) is 25.6 Å². The monoisotopic (exact) mass is 206 g/mol. The molecule has 0 saturated heterocycles. The van der Waals surface area contributed by atoms with Crippen LogP contribution in [0.4, 0.5) is 13.2 Å². The van der Waals surface area contributed by atoms with E-state index in [0.29, 0.717) is 13.0 Å². The van der Waals surface area contributed by atoms with E-state index in [2.05, 4.69) is 0 Å². The zero-order valence-corrected chi connectivity index (χ0v) is 7.72. The van der Waals surface area contributed by atoms with Crippen molar-refractivity contribution in [1.82, 2.24) is 4.57 Å². The summed E-state index contributed by atoms with van der Waals surface area (Å²) in [4.78, 5) is 0. The van der Waals surface area contributed by atoms with Crippen LogP contribution in [-0.2, 0) is 13.0 Å². The standard InChI is InChI=1S/C9H13F3N2/c10-9(11,12)3-6-14-5-2-8(7-14)1-4-13/h2,5,7H,1,3-4,6,13H2. The summed E-state index contributed by atoms with van der Waals surface area (Å²) in [5.41, 5.74) is 6.30.